The predicted octanol–water partition coefficient (Wildman–Crippen LogP) is 3.86. The monoisotopic (exact) mass is 375 g/mol. The van der Waals surface area contributed by atoms with Gasteiger partial charge in [-0.2, -0.15) is 5.10 Å². The zero-order valence-electron chi connectivity index (χ0n) is 14.2. The minimum Gasteiger partial charge on any atom is -0.224 e. The largest absolute Gasteiger partial charge is 0.224 e. The van der Waals surface area contributed by atoms with Gasteiger partial charge in [0, 0.05) is 23.3 Å². The predicted molar refractivity (Wildman–Crippen MR) is 99.0 cm³/mol. The van der Waals surface area contributed by atoms with Crippen molar-refractivity contribution in [3.8, 4) is 17.1 Å². The maximum Gasteiger partial charge on any atom is 0.175 e. The molecule has 0 aliphatic heterocycles. The van der Waals surface area contributed by atoms with E-state index in [-0.39, 0.29) is 4.90 Å². The summed E-state index contributed by atoms with van der Waals surface area (Å²) in [5, 5.41) is 5.23. The van der Waals surface area contributed by atoms with E-state index < -0.39 is 9.84 Å². The molecule has 25 heavy (non-hydrogen) atoms. The smallest absolute Gasteiger partial charge is 0.175 e. The second kappa shape index (κ2) is 6.61. The summed E-state index contributed by atoms with van der Waals surface area (Å²) in [5.74, 6) is 1.29. The van der Waals surface area contributed by atoms with Crippen LogP contribution in [0, 0.1) is 6.92 Å². The third-order valence-corrected chi connectivity index (χ3v) is 5.41. The van der Waals surface area contributed by atoms with E-state index in [9.17, 15) is 8.42 Å². The Morgan fingerprint density at radius 3 is 2.56 bits per heavy atom. The Balaban J connectivity index is 2.20. The Morgan fingerprint density at radius 1 is 1.16 bits per heavy atom. The first-order valence-electron chi connectivity index (χ1n) is 7.82. The number of aromatic nitrogens is 3. The van der Waals surface area contributed by atoms with Crippen LogP contribution in [0.15, 0.2) is 47.4 Å². The first kappa shape index (κ1) is 17.6. The van der Waals surface area contributed by atoms with Crippen LogP contribution in [0.4, 0.5) is 0 Å². The number of aryl methyl sites for hydroxylation is 2. The molecular formula is C18H18ClN3O2S. The fourth-order valence-electron chi connectivity index (χ4n) is 2.50. The molecule has 7 heteroatoms. The summed E-state index contributed by atoms with van der Waals surface area (Å²) in [7, 11) is -3.30. The summed E-state index contributed by atoms with van der Waals surface area (Å²) in [6, 6.07) is 12.4. The summed E-state index contributed by atoms with van der Waals surface area (Å²) in [5.41, 5.74) is 2.46. The van der Waals surface area contributed by atoms with Gasteiger partial charge in [0.1, 0.15) is 0 Å². The van der Waals surface area contributed by atoms with Gasteiger partial charge in [-0.1, -0.05) is 30.7 Å². The molecule has 0 N–H and O–H groups in total. The number of halogens is 1. The van der Waals surface area contributed by atoms with Gasteiger partial charge < -0.3 is 0 Å². The van der Waals surface area contributed by atoms with Crippen LogP contribution in [0.3, 0.4) is 0 Å². The van der Waals surface area contributed by atoms with Gasteiger partial charge in [0.2, 0.25) is 0 Å². The van der Waals surface area contributed by atoms with Crippen LogP contribution < -0.4 is 0 Å². The van der Waals surface area contributed by atoms with Crippen molar-refractivity contribution in [3.05, 3.63) is 58.9 Å². The van der Waals surface area contributed by atoms with Crippen LogP contribution in [-0.4, -0.2) is 29.4 Å². The molecule has 0 spiro atoms. The minimum atomic E-state index is -3.30. The molecule has 0 aliphatic carbocycles. The summed E-state index contributed by atoms with van der Waals surface area (Å²) in [6.07, 6.45) is 1.87. The van der Waals surface area contributed by atoms with E-state index in [1.54, 1.807) is 22.9 Å². The lowest BCUT2D eigenvalue weighted by Gasteiger charge is -2.08. The molecule has 0 saturated carbocycles. The van der Waals surface area contributed by atoms with Crippen LogP contribution in [0.2, 0.25) is 5.02 Å². The highest BCUT2D eigenvalue weighted by molar-refractivity contribution is 7.90. The third-order valence-electron chi connectivity index (χ3n) is 3.87. The molecule has 1 aromatic heterocycles. The molecule has 0 aliphatic rings. The van der Waals surface area contributed by atoms with Crippen molar-refractivity contribution in [1.29, 1.82) is 0 Å². The number of rotatable bonds is 4. The Labute approximate surface area is 152 Å². The average Bonchev–Trinajstić information content (AvgIpc) is 3.01. The maximum absolute atomic E-state index is 11.9. The lowest BCUT2D eigenvalue weighted by molar-refractivity contribution is 0.602. The standard InChI is InChI=1S/C18H18ClN3O2S/c1-4-17-20-18(13-6-5-7-15(11-13)25(3,23)24)22(21-17)14-8-9-16(19)12(2)10-14/h5-11H,4H2,1-3H3. The number of nitrogens with zero attached hydrogens (tertiary/aromatic N) is 3. The quantitative estimate of drug-likeness (QED) is 0.694. The molecule has 0 bridgehead atoms. The normalized spacial score (nSPS) is 11.7. The molecule has 3 rings (SSSR count). The van der Waals surface area contributed by atoms with Crippen molar-refractivity contribution < 1.29 is 8.42 Å². The molecular weight excluding hydrogens is 358 g/mol. The Kier molecular flexibility index (Phi) is 4.67. The van der Waals surface area contributed by atoms with Crippen LogP contribution in [0.25, 0.3) is 17.1 Å². The van der Waals surface area contributed by atoms with Crippen LogP contribution in [0.5, 0.6) is 0 Å². The van der Waals surface area contributed by atoms with E-state index in [2.05, 4.69) is 10.1 Å². The molecule has 1 heterocycles. The van der Waals surface area contributed by atoms with Crippen molar-refractivity contribution in [2.45, 2.75) is 25.2 Å². The van der Waals surface area contributed by atoms with Crippen LogP contribution >= 0.6 is 11.6 Å². The molecule has 0 amide bonds. The van der Waals surface area contributed by atoms with E-state index >= 15 is 0 Å². The Bertz CT molecular complexity index is 1040. The molecule has 0 fully saturated rings. The lowest BCUT2D eigenvalue weighted by atomic mass is 10.2. The highest BCUT2D eigenvalue weighted by Crippen LogP contribution is 2.26. The van der Waals surface area contributed by atoms with Crippen molar-refractivity contribution in [2.75, 3.05) is 6.26 Å². The zero-order chi connectivity index (χ0) is 18.2. The van der Waals surface area contributed by atoms with Gasteiger partial charge >= 0.3 is 0 Å². The Hall–Kier alpha value is -2.18. The molecule has 0 unspecified atom stereocenters. The lowest BCUT2D eigenvalue weighted by Crippen LogP contribution is -2.02. The van der Waals surface area contributed by atoms with Crippen molar-refractivity contribution in [3.63, 3.8) is 0 Å². The van der Waals surface area contributed by atoms with Crippen molar-refractivity contribution in [2.24, 2.45) is 0 Å². The van der Waals surface area contributed by atoms with Gasteiger partial charge in [0.05, 0.1) is 10.6 Å². The molecule has 2 aromatic carbocycles. The molecule has 0 saturated heterocycles. The first-order valence-corrected chi connectivity index (χ1v) is 10.1. The summed E-state index contributed by atoms with van der Waals surface area (Å²) in [4.78, 5) is 4.83. The van der Waals surface area contributed by atoms with Gasteiger partial charge in [-0.15, -0.1) is 0 Å². The van der Waals surface area contributed by atoms with E-state index in [4.69, 9.17) is 11.6 Å². The summed E-state index contributed by atoms with van der Waals surface area (Å²) in [6.45, 7) is 3.90. The number of benzene rings is 2. The second-order valence-electron chi connectivity index (χ2n) is 5.85. The van der Waals surface area contributed by atoms with Crippen LogP contribution in [0.1, 0.15) is 18.3 Å². The molecule has 3 aromatic rings. The topological polar surface area (TPSA) is 64.8 Å². The fourth-order valence-corrected chi connectivity index (χ4v) is 3.28. The second-order valence-corrected chi connectivity index (χ2v) is 8.27. The Morgan fingerprint density at radius 2 is 1.92 bits per heavy atom. The summed E-state index contributed by atoms with van der Waals surface area (Å²) < 4.78 is 25.4. The van der Waals surface area contributed by atoms with Gasteiger partial charge in [0.15, 0.2) is 21.5 Å². The third kappa shape index (κ3) is 3.60. The molecule has 0 radical (unpaired) electrons. The highest BCUT2D eigenvalue weighted by atomic mass is 35.5. The molecule has 130 valence electrons. The van der Waals surface area contributed by atoms with Gasteiger partial charge in [-0.25, -0.2) is 18.1 Å². The van der Waals surface area contributed by atoms with Gasteiger partial charge in [-0.3, -0.25) is 0 Å². The van der Waals surface area contributed by atoms with Gasteiger partial charge in [-0.05, 0) is 42.8 Å². The van der Waals surface area contributed by atoms with E-state index in [1.165, 1.54) is 6.26 Å². The van der Waals surface area contributed by atoms with Crippen molar-refractivity contribution >= 4 is 21.4 Å². The van der Waals surface area contributed by atoms with Gasteiger partial charge in [0.25, 0.3) is 0 Å². The summed E-state index contributed by atoms with van der Waals surface area (Å²) >= 11 is 6.12. The first-order chi connectivity index (χ1) is 11.8. The minimum absolute atomic E-state index is 0.255. The average molecular weight is 376 g/mol. The zero-order valence-corrected chi connectivity index (χ0v) is 15.8. The van der Waals surface area contributed by atoms with Crippen LogP contribution in [-0.2, 0) is 16.3 Å². The number of hydrogen-bond donors (Lipinski definition) is 0. The fraction of sp³-hybridized carbons (Fsp3) is 0.222. The SMILES string of the molecule is CCc1nc(-c2cccc(S(C)(=O)=O)c2)n(-c2ccc(Cl)c(C)c2)n1. The maximum atomic E-state index is 11.9. The van der Waals surface area contributed by atoms with E-state index in [0.29, 0.717) is 28.7 Å². The highest BCUT2D eigenvalue weighted by Gasteiger charge is 2.16. The van der Waals surface area contributed by atoms with E-state index in [0.717, 1.165) is 11.3 Å². The molecule has 0 atom stereocenters. The van der Waals surface area contributed by atoms with Crippen molar-refractivity contribution in [1.82, 2.24) is 14.8 Å². The van der Waals surface area contributed by atoms with E-state index in [1.807, 2.05) is 38.1 Å². The molecule has 5 nitrogen and oxygen atoms in total. The number of hydrogen-bond acceptors (Lipinski definition) is 4. The number of sulfone groups is 1.